The Balaban J connectivity index is 2.25. The molecule has 2 rings (SSSR count). The second kappa shape index (κ2) is 6.46. The van der Waals surface area contributed by atoms with Gasteiger partial charge in [-0.05, 0) is 29.7 Å². The standard InChI is InChI=1S/C13H15F3N2O4S/c14-13(15,16)12(20)18-5-3-9-1-2-11(7-10(9)8-18)23(21,22)17-4-6-19/h1-2,7,17,19H,3-6,8H2. The number of hydrogen-bond acceptors (Lipinski definition) is 4. The summed E-state index contributed by atoms with van der Waals surface area (Å²) in [6, 6.07) is 4.13. The Morgan fingerprint density at radius 2 is 2.00 bits per heavy atom. The van der Waals surface area contributed by atoms with E-state index in [1.807, 2.05) is 0 Å². The molecule has 0 radical (unpaired) electrons. The number of carbonyl (C=O) groups excluding carboxylic acids is 1. The number of alkyl halides is 3. The maximum Gasteiger partial charge on any atom is 0.471 e. The minimum Gasteiger partial charge on any atom is -0.395 e. The van der Waals surface area contributed by atoms with Crippen LogP contribution < -0.4 is 4.72 Å². The van der Waals surface area contributed by atoms with Gasteiger partial charge in [-0.1, -0.05) is 6.07 Å². The number of rotatable bonds is 4. The third kappa shape index (κ3) is 4.01. The van der Waals surface area contributed by atoms with Crippen LogP contribution in [0.25, 0.3) is 0 Å². The molecule has 1 aromatic carbocycles. The van der Waals surface area contributed by atoms with Gasteiger partial charge >= 0.3 is 12.1 Å². The molecule has 0 unspecified atom stereocenters. The Morgan fingerprint density at radius 3 is 2.61 bits per heavy atom. The Hall–Kier alpha value is -1.65. The SMILES string of the molecule is O=C(N1CCc2ccc(S(=O)(=O)NCCO)cc2C1)C(F)(F)F. The van der Waals surface area contributed by atoms with Crippen LogP contribution in [0.3, 0.4) is 0 Å². The molecule has 128 valence electrons. The van der Waals surface area contributed by atoms with Crippen LogP contribution in [0.4, 0.5) is 13.2 Å². The second-order valence-electron chi connectivity index (χ2n) is 5.03. The molecule has 1 aliphatic heterocycles. The molecule has 0 aromatic heterocycles. The van der Waals surface area contributed by atoms with Crippen molar-refractivity contribution in [3.8, 4) is 0 Å². The molecule has 10 heteroatoms. The fraction of sp³-hybridized carbons (Fsp3) is 0.462. The molecule has 0 saturated heterocycles. The van der Waals surface area contributed by atoms with Crippen LogP contribution in [0.5, 0.6) is 0 Å². The van der Waals surface area contributed by atoms with E-state index in [0.717, 1.165) is 0 Å². The van der Waals surface area contributed by atoms with Crippen molar-refractivity contribution in [2.24, 2.45) is 0 Å². The quantitative estimate of drug-likeness (QED) is 0.822. The summed E-state index contributed by atoms with van der Waals surface area (Å²) in [5, 5.41) is 8.66. The normalized spacial score (nSPS) is 15.4. The molecular weight excluding hydrogens is 337 g/mol. The average molecular weight is 352 g/mol. The maximum atomic E-state index is 12.5. The minimum absolute atomic E-state index is 0.0692. The number of aliphatic hydroxyl groups excluding tert-OH is 1. The Labute approximate surface area is 131 Å². The summed E-state index contributed by atoms with van der Waals surface area (Å²) in [5.41, 5.74) is 1.07. The number of aliphatic hydroxyl groups is 1. The Morgan fingerprint density at radius 1 is 1.30 bits per heavy atom. The van der Waals surface area contributed by atoms with Crippen LogP contribution in [-0.2, 0) is 27.8 Å². The first-order valence-electron chi connectivity index (χ1n) is 6.73. The highest BCUT2D eigenvalue weighted by Gasteiger charge is 2.43. The van der Waals surface area contributed by atoms with Crippen LogP contribution in [0.1, 0.15) is 11.1 Å². The van der Waals surface area contributed by atoms with E-state index in [0.29, 0.717) is 16.0 Å². The Bertz CT molecular complexity index is 704. The lowest BCUT2D eigenvalue weighted by Crippen LogP contribution is -2.43. The number of amides is 1. The smallest absolute Gasteiger partial charge is 0.395 e. The van der Waals surface area contributed by atoms with Crippen molar-refractivity contribution < 1.29 is 31.5 Å². The molecule has 1 amide bonds. The molecule has 0 atom stereocenters. The molecule has 2 N–H and O–H groups in total. The minimum atomic E-state index is -4.95. The largest absolute Gasteiger partial charge is 0.471 e. The third-order valence-corrected chi connectivity index (χ3v) is 4.89. The van der Waals surface area contributed by atoms with Crippen molar-refractivity contribution in [2.45, 2.75) is 24.0 Å². The first-order valence-corrected chi connectivity index (χ1v) is 8.22. The zero-order valence-electron chi connectivity index (χ0n) is 11.9. The lowest BCUT2D eigenvalue weighted by atomic mass is 10.00. The number of halogens is 3. The van der Waals surface area contributed by atoms with Gasteiger partial charge in [0.2, 0.25) is 10.0 Å². The summed E-state index contributed by atoms with van der Waals surface area (Å²) < 4.78 is 63.6. The van der Waals surface area contributed by atoms with Gasteiger partial charge in [-0.25, -0.2) is 13.1 Å². The van der Waals surface area contributed by atoms with Gasteiger partial charge in [0.1, 0.15) is 0 Å². The zero-order valence-corrected chi connectivity index (χ0v) is 12.7. The number of nitrogens with zero attached hydrogens (tertiary/aromatic N) is 1. The molecule has 0 aliphatic carbocycles. The van der Waals surface area contributed by atoms with Crippen LogP contribution in [0.2, 0.25) is 0 Å². The summed E-state index contributed by atoms with van der Waals surface area (Å²) in [7, 11) is -3.86. The van der Waals surface area contributed by atoms with E-state index in [1.54, 1.807) is 0 Å². The van der Waals surface area contributed by atoms with Gasteiger partial charge in [-0.2, -0.15) is 13.2 Å². The first-order chi connectivity index (χ1) is 10.6. The van der Waals surface area contributed by atoms with Gasteiger partial charge in [-0.3, -0.25) is 4.79 Å². The van der Waals surface area contributed by atoms with Crippen molar-refractivity contribution in [3.63, 3.8) is 0 Å². The van der Waals surface area contributed by atoms with Gasteiger partial charge in [0.15, 0.2) is 0 Å². The van der Waals surface area contributed by atoms with Gasteiger partial charge in [0, 0.05) is 19.6 Å². The molecule has 0 saturated carbocycles. The van der Waals surface area contributed by atoms with Crippen molar-refractivity contribution in [1.29, 1.82) is 0 Å². The number of carbonyl (C=O) groups is 1. The van der Waals surface area contributed by atoms with E-state index >= 15 is 0 Å². The fourth-order valence-electron chi connectivity index (χ4n) is 2.32. The maximum absolute atomic E-state index is 12.5. The van der Waals surface area contributed by atoms with Gasteiger partial charge in [0.25, 0.3) is 0 Å². The van der Waals surface area contributed by atoms with Gasteiger partial charge in [0.05, 0.1) is 11.5 Å². The molecule has 0 fully saturated rings. The van der Waals surface area contributed by atoms with Crippen LogP contribution in [0, 0.1) is 0 Å². The van der Waals surface area contributed by atoms with E-state index in [9.17, 15) is 26.4 Å². The average Bonchev–Trinajstić information content (AvgIpc) is 2.50. The molecule has 23 heavy (non-hydrogen) atoms. The number of hydrogen-bond donors (Lipinski definition) is 2. The highest BCUT2D eigenvalue weighted by Crippen LogP contribution is 2.26. The highest BCUT2D eigenvalue weighted by atomic mass is 32.2. The van der Waals surface area contributed by atoms with Gasteiger partial charge < -0.3 is 10.0 Å². The molecule has 0 spiro atoms. The molecule has 1 aromatic rings. The number of benzene rings is 1. The molecule has 1 aliphatic rings. The van der Waals surface area contributed by atoms with E-state index in [4.69, 9.17) is 5.11 Å². The molecular formula is C13H15F3N2O4S. The number of nitrogens with one attached hydrogen (secondary N) is 1. The lowest BCUT2D eigenvalue weighted by Gasteiger charge is -2.29. The van der Waals surface area contributed by atoms with E-state index < -0.39 is 22.1 Å². The topological polar surface area (TPSA) is 86.7 Å². The summed E-state index contributed by atoms with van der Waals surface area (Å²) in [4.78, 5) is 11.8. The van der Waals surface area contributed by atoms with Crippen LogP contribution in [-0.4, -0.2) is 50.2 Å². The van der Waals surface area contributed by atoms with Crippen LogP contribution >= 0.6 is 0 Å². The van der Waals surface area contributed by atoms with Crippen molar-refractivity contribution in [2.75, 3.05) is 19.7 Å². The number of sulfonamides is 1. The molecule has 6 nitrogen and oxygen atoms in total. The highest BCUT2D eigenvalue weighted by molar-refractivity contribution is 7.89. The van der Waals surface area contributed by atoms with Crippen molar-refractivity contribution >= 4 is 15.9 Å². The van der Waals surface area contributed by atoms with Crippen LogP contribution in [0.15, 0.2) is 23.1 Å². The van der Waals surface area contributed by atoms with E-state index in [-0.39, 0.29) is 37.6 Å². The fourth-order valence-corrected chi connectivity index (χ4v) is 3.39. The number of fused-ring (bicyclic) bond motifs is 1. The first kappa shape index (κ1) is 17.7. The van der Waals surface area contributed by atoms with Crippen molar-refractivity contribution in [3.05, 3.63) is 29.3 Å². The predicted molar refractivity (Wildman–Crippen MR) is 73.9 cm³/mol. The van der Waals surface area contributed by atoms with E-state index in [1.165, 1.54) is 18.2 Å². The summed E-state index contributed by atoms with van der Waals surface area (Å²) >= 11 is 0. The zero-order chi connectivity index (χ0) is 17.3. The second-order valence-corrected chi connectivity index (χ2v) is 6.79. The lowest BCUT2D eigenvalue weighted by molar-refractivity contribution is -0.186. The van der Waals surface area contributed by atoms with Crippen molar-refractivity contribution in [1.82, 2.24) is 9.62 Å². The van der Waals surface area contributed by atoms with Gasteiger partial charge in [-0.15, -0.1) is 0 Å². The third-order valence-electron chi connectivity index (χ3n) is 3.43. The molecule has 1 heterocycles. The summed E-state index contributed by atoms with van der Waals surface area (Å²) in [6.45, 7) is -0.909. The summed E-state index contributed by atoms with van der Waals surface area (Å²) in [6.07, 6.45) is -4.73. The monoisotopic (exact) mass is 352 g/mol. The Kier molecular flexibility index (Phi) is 4.97. The molecule has 0 bridgehead atoms. The summed E-state index contributed by atoms with van der Waals surface area (Å²) in [5.74, 6) is -1.94. The van der Waals surface area contributed by atoms with E-state index in [2.05, 4.69) is 4.72 Å². The predicted octanol–water partition coefficient (Wildman–Crippen LogP) is 0.404.